The molecule has 15 nitrogen and oxygen atoms in total. The lowest BCUT2D eigenvalue weighted by atomic mass is 9.78. The van der Waals surface area contributed by atoms with Crippen molar-refractivity contribution in [2.75, 3.05) is 40.9 Å². The van der Waals surface area contributed by atoms with Gasteiger partial charge in [-0.1, -0.05) is 77.9 Å². The molecule has 16 atom stereocenters. The zero-order valence-electron chi connectivity index (χ0n) is 53.7. The summed E-state index contributed by atoms with van der Waals surface area (Å²) in [5, 5.41) is 33.6. The SMILES string of the molecule is [2H]C([2H])([2H])O[C@H]1C[C@@H]2CC[C@@H](C)[C@@](O)(O2)C(=O)C(=O)N2CCCC[C@H]2C(=O)O[C@H]([C@H](C)C[C@@H]2CC[C@@H](OC([2H])([2H])C([2H])([2H])O)[C@H](OC)C2)CC(=O)[C@H](C([2H])([2H])[2H])/C=C(\C)[C@@H](O)[C@@H](OC)C(=O)[C@H](C)C([2H])(C)[C@]([2H])(C)/C=C/C=CC=C1C. The van der Waals surface area contributed by atoms with Gasteiger partial charge in [0.1, 0.15) is 30.1 Å². The third kappa shape index (κ3) is 15.3. The van der Waals surface area contributed by atoms with Crippen LogP contribution in [0, 0.1) is 41.4 Å². The standard InChI is InChI=1S/C54H85NO14/c1-32-17-13-12-14-18-33(2)45(64-9)30-41-22-20-37(6)54(63,69-41)51(60)52(61)55-24-16-15-19-42(55)53(62)68-46(35(4)28-40-21-23-44(67-26-25-56)47(29-40)65-10)31-43(57)34(3)27-36(5)48(58)50(66-11)49(59)39(8)38(32)7/h12-14,17-18,27,32,34-35,37-42,44-48,50,56,58,63H,15-16,19-26,28-31H2,1-11H3/b14-12?,17-13+,33-18?,36-27+/t32-,34-,35-,37-,38?,39-,40+,41+,42+,44-,45+,46+,47-,48-,50-,54-/m1/s1/i3D3,9D3,25D2,26D2,32D,38D. The average Bonchev–Trinajstić information content (AvgIpc) is 3.52. The first-order chi connectivity index (χ1) is 37.1. The summed E-state index contributed by atoms with van der Waals surface area (Å²) in [6, 6.07) is -1.45. The maximum Gasteiger partial charge on any atom is 0.329 e. The molecule has 3 aliphatic heterocycles. The Kier molecular flexibility index (Phi) is 16.7. The number of carbonyl (C=O) groups is 5. The van der Waals surface area contributed by atoms with Crippen molar-refractivity contribution in [2.24, 2.45) is 41.4 Å². The number of esters is 1. The molecule has 0 radical (unpaired) electrons. The fraction of sp³-hybridized carbons (Fsp3) is 0.759. The molecule has 2 bridgehead atoms. The number of cyclic esters (lactones) is 1. The smallest absolute Gasteiger partial charge is 0.329 e. The summed E-state index contributed by atoms with van der Waals surface area (Å²) >= 11 is 0. The lowest BCUT2D eigenvalue weighted by Crippen LogP contribution is -2.61. The molecule has 390 valence electrons. The van der Waals surface area contributed by atoms with Gasteiger partial charge in [-0.25, -0.2) is 4.79 Å². The number of ketones is 3. The zero-order valence-corrected chi connectivity index (χ0v) is 41.7. The second-order valence-corrected chi connectivity index (χ2v) is 19.4. The van der Waals surface area contributed by atoms with Crippen LogP contribution < -0.4 is 0 Å². The number of carbonyl (C=O) groups excluding carboxylic acids is 5. The Morgan fingerprint density at radius 2 is 1.70 bits per heavy atom. The highest BCUT2D eigenvalue weighted by molar-refractivity contribution is 6.39. The summed E-state index contributed by atoms with van der Waals surface area (Å²) < 4.78 is 133. The second-order valence-electron chi connectivity index (χ2n) is 19.4. The molecule has 1 amide bonds. The Hall–Kier alpha value is -3.41. The average molecular weight is 984 g/mol. The Bertz CT molecular complexity index is 2330. The molecule has 3 fully saturated rings. The predicted octanol–water partition coefficient (Wildman–Crippen LogP) is 6.44. The Balaban J connectivity index is 1.84. The summed E-state index contributed by atoms with van der Waals surface area (Å²) in [4.78, 5) is 73.4. The Morgan fingerprint density at radius 3 is 2.38 bits per heavy atom. The van der Waals surface area contributed by atoms with Crippen molar-refractivity contribution >= 4 is 29.2 Å². The predicted molar refractivity (Wildman–Crippen MR) is 261 cm³/mol. The third-order valence-electron chi connectivity index (χ3n) is 14.7. The van der Waals surface area contributed by atoms with Gasteiger partial charge in [0.2, 0.25) is 5.79 Å². The number of fused-ring (bicyclic) bond motifs is 3. The molecular formula is C54H85NO14. The van der Waals surface area contributed by atoms with Crippen LogP contribution in [0.25, 0.3) is 0 Å². The monoisotopic (exact) mass is 984 g/mol. The van der Waals surface area contributed by atoms with Crippen molar-refractivity contribution < 1.29 is 84.2 Å². The fourth-order valence-corrected chi connectivity index (χ4v) is 9.85. The van der Waals surface area contributed by atoms with Crippen molar-refractivity contribution in [3.63, 3.8) is 0 Å². The van der Waals surface area contributed by atoms with Gasteiger partial charge in [-0.3, -0.25) is 19.2 Å². The summed E-state index contributed by atoms with van der Waals surface area (Å²) in [7, 11) is -0.449. The Morgan fingerprint density at radius 1 is 0.942 bits per heavy atom. The molecule has 3 heterocycles. The van der Waals surface area contributed by atoms with Gasteiger partial charge in [0.15, 0.2) is 5.78 Å². The van der Waals surface area contributed by atoms with Crippen LogP contribution in [-0.2, 0) is 52.4 Å². The maximum atomic E-state index is 14.7. The minimum Gasteiger partial charge on any atom is -0.460 e. The van der Waals surface area contributed by atoms with Gasteiger partial charge in [0.25, 0.3) is 11.7 Å². The van der Waals surface area contributed by atoms with Gasteiger partial charge in [0, 0.05) is 65.3 Å². The summed E-state index contributed by atoms with van der Waals surface area (Å²) in [5.74, 6) is -17.3. The number of methoxy groups -OCH3 is 3. The third-order valence-corrected chi connectivity index (χ3v) is 14.7. The number of aliphatic hydroxyl groups is 3. The molecule has 1 unspecified atom stereocenters. The quantitative estimate of drug-likeness (QED) is 0.129. The number of nitrogens with zero attached hydrogens (tertiary/aromatic N) is 1. The molecule has 4 rings (SSSR count). The van der Waals surface area contributed by atoms with E-state index in [-0.39, 0.29) is 63.0 Å². The van der Waals surface area contributed by atoms with Crippen LogP contribution in [0.5, 0.6) is 0 Å². The first kappa shape index (κ1) is 42.1. The van der Waals surface area contributed by atoms with Crippen LogP contribution in [-0.4, -0.2) is 145 Å². The van der Waals surface area contributed by atoms with Crippen LogP contribution in [0.2, 0.25) is 0 Å². The van der Waals surface area contributed by atoms with E-state index in [0.29, 0.717) is 24.8 Å². The van der Waals surface area contributed by atoms with Crippen molar-refractivity contribution in [1.29, 1.82) is 0 Å². The highest BCUT2D eigenvalue weighted by Gasteiger charge is 2.53. The van der Waals surface area contributed by atoms with Crippen LogP contribution in [0.1, 0.15) is 142 Å². The first-order valence-corrected chi connectivity index (χ1v) is 24.2. The van der Waals surface area contributed by atoms with E-state index in [0.717, 1.165) is 18.1 Å². The molecule has 69 heavy (non-hydrogen) atoms. The van der Waals surface area contributed by atoms with E-state index in [4.69, 9.17) is 42.1 Å². The molecule has 0 spiro atoms. The maximum absolute atomic E-state index is 14.7. The molecule has 0 aromatic heterocycles. The second kappa shape index (κ2) is 27.4. The number of ether oxygens (including phenoxy) is 6. The topological polar surface area (TPSA) is 205 Å². The molecule has 0 aromatic rings. The molecule has 0 aromatic carbocycles. The van der Waals surface area contributed by atoms with Crippen LogP contribution >= 0.6 is 0 Å². The molecule has 3 N–H and O–H groups in total. The number of hydrogen-bond donors (Lipinski definition) is 3. The lowest BCUT2D eigenvalue weighted by Gasteiger charge is -2.42. The summed E-state index contributed by atoms with van der Waals surface area (Å²) in [6.45, 7) is 0.470. The fourth-order valence-electron chi connectivity index (χ4n) is 9.85. The van der Waals surface area contributed by atoms with Crippen LogP contribution in [0.4, 0.5) is 0 Å². The van der Waals surface area contributed by atoms with E-state index in [9.17, 15) is 42.0 Å². The number of amides is 1. The van der Waals surface area contributed by atoms with Gasteiger partial charge in [-0.05, 0) is 106 Å². The van der Waals surface area contributed by atoms with Crippen molar-refractivity contribution in [2.45, 2.75) is 181 Å². The normalized spacial score (nSPS) is 44.1. The molecule has 1 aliphatic carbocycles. The number of rotatable bonds is 9. The number of allylic oxidation sites excluding steroid dienone is 6. The highest BCUT2D eigenvalue weighted by atomic mass is 16.6. The van der Waals surface area contributed by atoms with E-state index in [1.165, 1.54) is 72.1 Å². The van der Waals surface area contributed by atoms with E-state index in [1.807, 2.05) is 0 Å². The lowest BCUT2D eigenvalue weighted by molar-refractivity contribution is -0.265. The number of aliphatic hydroxyl groups excluding tert-OH is 1. The van der Waals surface area contributed by atoms with Crippen LogP contribution in [0.3, 0.4) is 0 Å². The number of piperidine rings is 1. The van der Waals surface area contributed by atoms with E-state index >= 15 is 0 Å². The number of Topliss-reactive ketones (excluding diaryl/α,β-unsaturated/α-hetero) is 3. The van der Waals surface area contributed by atoms with Gasteiger partial charge < -0.3 is 48.6 Å². The van der Waals surface area contributed by atoms with Gasteiger partial charge >= 0.3 is 5.97 Å². The Labute approximate surface area is 428 Å². The van der Waals surface area contributed by atoms with E-state index < -0.39 is 153 Å². The van der Waals surface area contributed by atoms with Gasteiger partial charge in [-0.2, -0.15) is 0 Å². The molecule has 2 saturated heterocycles. The number of hydrogen-bond acceptors (Lipinski definition) is 14. The van der Waals surface area contributed by atoms with Crippen molar-refractivity contribution in [1.82, 2.24) is 4.90 Å². The molecule has 4 aliphatic rings. The summed E-state index contributed by atoms with van der Waals surface area (Å²) in [6.07, 6.45) is 0.250. The minimum absolute atomic E-state index is 0.0245. The summed E-state index contributed by atoms with van der Waals surface area (Å²) in [5.41, 5.74) is 0.206. The van der Waals surface area contributed by atoms with Crippen LogP contribution in [0.15, 0.2) is 47.6 Å². The van der Waals surface area contributed by atoms with Crippen molar-refractivity contribution in [3.05, 3.63) is 47.6 Å². The van der Waals surface area contributed by atoms with Gasteiger partial charge in [0.05, 0.1) is 47.1 Å². The first-order valence-electron chi connectivity index (χ1n) is 30.2. The van der Waals surface area contributed by atoms with Gasteiger partial charge in [-0.15, -0.1) is 0 Å². The highest BCUT2D eigenvalue weighted by Crippen LogP contribution is 2.38. The zero-order chi connectivity index (χ0) is 61.6. The van der Waals surface area contributed by atoms with Crippen molar-refractivity contribution in [3.8, 4) is 0 Å². The van der Waals surface area contributed by atoms with E-state index in [2.05, 4.69) is 0 Å². The largest absolute Gasteiger partial charge is 0.460 e. The van der Waals surface area contributed by atoms with E-state index in [1.54, 1.807) is 13.8 Å². The molecule has 15 heteroatoms. The molecule has 1 saturated carbocycles. The minimum atomic E-state index is -3.35. The molecular weight excluding hydrogens is 887 g/mol.